The van der Waals surface area contributed by atoms with E-state index in [9.17, 15) is 4.39 Å². The van der Waals surface area contributed by atoms with E-state index in [0.29, 0.717) is 6.42 Å². The molecule has 1 unspecified atom stereocenters. The van der Waals surface area contributed by atoms with E-state index in [0.717, 1.165) is 28.0 Å². The second kappa shape index (κ2) is 6.47. The lowest BCUT2D eigenvalue weighted by Crippen LogP contribution is -2.30. The number of nitrogens with one attached hydrogen (secondary N) is 1. The molecule has 0 radical (unpaired) electrons. The first-order valence-corrected chi connectivity index (χ1v) is 7.29. The quantitative estimate of drug-likeness (QED) is 0.650. The minimum atomic E-state index is -0.262. The molecule has 0 fully saturated rings. The van der Waals surface area contributed by atoms with E-state index < -0.39 is 0 Å². The summed E-state index contributed by atoms with van der Waals surface area (Å²) in [5, 5.41) is 4.45. The van der Waals surface area contributed by atoms with Crippen LogP contribution in [0.5, 0.6) is 0 Å². The van der Waals surface area contributed by atoms with Crippen molar-refractivity contribution in [2.75, 3.05) is 0 Å². The van der Waals surface area contributed by atoms with E-state index in [1.165, 1.54) is 12.1 Å². The van der Waals surface area contributed by atoms with Gasteiger partial charge in [0.15, 0.2) is 0 Å². The van der Waals surface area contributed by atoms with Crippen LogP contribution in [0, 0.1) is 12.7 Å². The molecule has 2 rings (SSSR count). The van der Waals surface area contributed by atoms with Gasteiger partial charge in [-0.2, -0.15) is 5.10 Å². The summed E-state index contributed by atoms with van der Waals surface area (Å²) in [6, 6.07) is 6.31. The van der Waals surface area contributed by atoms with Crippen LogP contribution < -0.4 is 11.3 Å². The van der Waals surface area contributed by atoms with Crippen molar-refractivity contribution in [2.45, 2.75) is 32.9 Å². The average Bonchev–Trinajstić information content (AvgIpc) is 2.71. The maximum absolute atomic E-state index is 13.3. The molecular weight excluding hydrogens is 323 g/mol. The van der Waals surface area contributed by atoms with Gasteiger partial charge in [-0.05, 0) is 47.5 Å². The van der Waals surface area contributed by atoms with Crippen molar-refractivity contribution in [1.82, 2.24) is 15.2 Å². The largest absolute Gasteiger partial charge is 0.271 e. The summed E-state index contributed by atoms with van der Waals surface area (Å²) in [6.07, 6.45) is 0.634. The summed E-state index contributed by atoms with van der Waals surface area (Å²) in [5.74, 6) is 5.37. The smallest absolute Gasteiger partial charge is 0.123 e. The maximum Gasteiger partial charge on any atom is 0.123 e. The number of nitrogens with two attached hydrogens (primary N) is 1. The first-order valence-electron chi connectivity index (χ1n) is 6.50. The average molecular weight is 341 g/mol. The molecule has 1 heterocycles. The molecular formula is C14H18BrFN4. The molecule has 0 saturated carbocycles. The van der Waals surface area contributed by atoms with Crippen molar-refractivity contribution in [2.24, 2.45) is 5.84 Å². The molecule has 1 aromatic heterocycles. The van der Waals surface area contributed by atoms with E-state index in [2.05, 4.69) is 26.5 Å². The van der Waals surface area contributed by atoms with Crippen molar-refractivity contribution in [3.05, 3.63) is 51.5 Å². The van der Waals surface area contributed by atoms with E-state index in [-0.39, 0.29) is 11.9 Å². The van der Waals surface area contributed by atoms with Gasteiger partial charge in [-0.25, -0.2) is 4.39 Å². The molecule has 6 heteroatoms. The Bertz CT molecular complexity index is 597. The number of aromatic nitrogens is 2. The van der Waals surface area contributed by atoms with Gasteiger partial charge < -0.3 is 0 Å². The lowest BCUT2D eigenvalue weighted by molar-refractivity contribution is 0.512. The zero-order valence-electron chi connectivity index (χ0n) is 11.5. The molecule has 0 saturated heterocycles. The maximum atomic E-state index is 13.3. The van der Waals surface area contributed by atoms with Crippen LogP contribution in [-0.2, 0) is 13.0 Å². The Morgan fingerprint density at radius 3 is 2.85 bits per heavy atom. The van der Waals surface area contributed by atoms with Gasteiger partial charge >= 0.3 is 0 Å². The summed E-state index contributed by atoms with van der Waals surface area (Å²) in [7, 11) is 0. The zero-order chi connectivity index (χ0) is 14.7. The summed E-state index contributed by atoms with van der Waals surface area (Å²) >= 11 is 3.56. The second-order valence-electron chi connectivity index (χ2n) is 4.64. The Morgan fingerprint density at radius 2 is 2.25 bits per heavy atom. The van der Waals surface area contributed by atoms with Gasteiger partial charge in [0.1, 0.15) is 5.82 Å². The van der Waals surface area contributed by atoms with Gasteiger partial charge in [-0.15, -0.1) is 0 Å². The van der Waals surface area contributed by atoms with E-state index in [1.807, 2.05) is 24.6 Å². The number of hydrogen-bond acceptors (Lipinski definition) is 3. The normalized spacial score (nSPS) is 12.7. The van der Waals surface area contributed by atoms with Crippen molar-refractivity contribution in [3.8, 4) is 0 Å². The molecule has 0 aliphatic heterocycles. The monoisotopic (exact) mass is 340 g/mol. The fourth-order valence-corrected chi connectivity index (χ4v) is 2.70. The van der Waals surface area contributed by atoms with Gasteiger partial charge in [0.2, 0.25) is 0 Å². The highest BCUT2D eigenvalue weighted by Gasteiger charge is 2.18. The number of halogens is 2. The van der Waals surface area contributed by atoms with Crippen LogP contribution in [-0.4, -0.2) is 9.78 Å². The third-order valence-corrected chi connectivity index (χ3v) is 4.33. The standard InChI is InChI=1S/C14H18BrFN4/c1-3-20-13(14(15)9(2)19-20)8-12(18-17)10-5-4-6-11(16)7-10/h4-7,12,18H,3,8,17H2,1-2H3. The topological polar surface area (TPSA) is 55.9 Å². The van der Waals surface area contributed by atoms with Crippen molar-refractivity contribution in [3.63, 3.8) is 0 Å². The molecule has 1 aromatic carbocycles. The number of aryl methyl sites for hydroxylation is 2. The lowest BCUT2D eigenvalue weighted by atomic mass is 10.0. The summed E-state index contributed by atoms with van der Waals surface area (Å²) in [4.78, 5) is 0. The Kier molecular flexibility index (Phi) is 4.91. The number of rotatable bonds is 5. The van der Waals surface area contributed by atoms with Gasteiger partial charge in [0.25, 0.3) is 0 Å². The summed E-state index contributed by atoms with van der Waals surface area (Å²) in [5.41, 5.74) is 5.57. The van der Waals surface area contributed by atoms with Crippen molar-refractivity contribution >= 4 is 15.9 Å². The number of nitrogens with zero attached hydrogens (tertiary/aromatic N) is 2. The molecule has 0 amide bonds. The molecule has 108 valence electrons. The van der Waals surface area contributed by atoms with Crippen LogP contribution in [0.3, 0.4) is 0 Å². The summed E-state index contributed by atoms with van der Waals surface area (Å²) < 4.78 is 16.3. The highest BCUT2D eigenvalue weighted by Crippen LogP contribution is 2.26. The fraction of sp³-hybridized carbons (Fsp3) is 0.357. The van der Waals surface area contributed by atoms with Crippen LogP contribution in [0.25, 0.3) is 0 Å². The molecule has 2 aromatic rings. The Hall–Kier alpha value is -1.24. The Morgan fingerprint density at radius 1 is 1.50 bits per heavy atom. The van der Waals surface area contributed by atoms with Crippen LogP contribution in [0.1, 0.15) is 29.9 Å². The van der Waals surface area contributed by atoms with E-state index in [1.54, 1.807) is 6.07 Å². The molecule has 1 atom stereocenters. The van der Waals surface area contributed by atoms with Crippen LogP contribution >= 0.6 is 15.9 Å². The van der Waals surface area contributed by atoms with E-state index >= 15 is 0 Å². The lowest BCUT2D eigenvalue weighted by Gasteiger charge is -2.17. The molecule has 0 aliphatic rings. The Balaban J connectivity index is 2.31. The van der Waals surface area contributed by atoms with Crippen molar-refractivity contribution < 1.29 is 4.39 Å². The van der Waals surface area contributed by atoms with E-state index in [4.69, 9.17) is 5.84 Å². The molecule has 0 spiro atoms. The predicted molar refractivity (Wildman–Crippen MR) is 80.5 cm³/mol. The van der Waals surface area contributed by atoms with Crippen LogP contribution in [0.15, 0.2) is 28.7 Å². The summed E-state index contributed by atoms with van der Waals surface area (Å²) in [6.45, 7) is 4.77. The van der Waals surface area contributed by atoms with Gasteiger partial charge in [-0.3, -0.25) is 16.0 Å². The predicted octanol–water partition coefficient (Wildman–Crippen LogP) is 2.86. The zero-order valence-corrected chi connectivity index (χ0v) is 13.1. The SMILES string of the molecule is CCn1nc(C)c(Br)c1CC(NN)c1cccc(F)c1. The second-order valence-corrected chi connectivity index (χ2v) is 5.43. The van der Waals surface area contributed by atoms with Gasteiger partial charge in [-0.1, -0.05) is 12.1 Å². The van der Waals surface area contributed by atoms with Crippen LogP contribution in [0.4, 0.5) is 4.39 Å². The first kappa shape index (κ1) is 15.2. The Labute approximate surface area is 126 Å². The molecule has 20 heavy (non-hydrogen) atoms. The highest BCUT2D eigenvalue weighted by atomic mass is 79.9. The van der Waals surface area contributed by atoms with Gasteiger partial charge in [0.05, 0.1) is 21.9 Å². The highest BCUT2D eigenvalue weighted by molar-refractivity contribution is 9.10. The van der Waals surface area contributed by atoms with Gasteiger partial charge in [0, 0.05) is 13.0 Å². The minimum absolute atomic E-state index is 0.164. The number of hydrogen-bond donors (Lipinski definition) is 2. The molecule has 3 N–H and O–H groups in total. The number of benzene rings is 1. The minimum Gasteiger partial charge on any atom is -0.271 e. The van der Waals surface area contributed by atoms with Crippen molar-refractivity contribution in [1.29, 1.82) is 0 Å². The molecule has 4 nitrogen and oxygen atoms in total. The third kappa shape index (κ3) is 3.08. The molecule has 0 bridgehead atoms. The molecule has 0 aliphatic carbocycles. The third-order valence-electron chi connectivity index (χ3n) is 3.30. The fourth-order valence-electron chi connectivity index (χ4n) is 2.25. The van der Waals surface area contributed by atoms with Crippen LogP contribution in [0.2, 0.25) is 0 Å². The first-order chi connectivity index (χ1) is 9.56. The number of hydrazine groups is 1.